The molecule has 0 saturated heterocycles. The maximum absolute atomic E-state index is 11.8. The van der Waals surface area contributed by atoms with Crippen molar-refractivity contribution in [2.75, 3.05) is 11.9 Å². The zero-order valence-corrected chi connectivity index (χ0v) is 11.7. The molecular formula is C16H24N2O. The van der Waals surface area contributed by atoms with E-state index >= 15 is 0 Å². The topological polar surface area (TPSA) is 41.1 Å². The predicted molar refractivity (Wildman–Crippen MR) is 79.0 cm³/mol. The third-order valence-electron chi connectivity index (χ3n) is 3.69. The van der Waals surface area contributed by atoms with Crippen LogP contribution in [0.3, 0.4) is 0 Å². The smallest absolute Gasteiger partial charge is 0.224 e. The number of amides is 1. The van der Waals surface area contributed by atoms with E-state index < -0.39 is 0 Å². The van der Waals surface area contributed by atoms with Crippen LogP contribution in [0.2, 0.25) is 0 Å². The van der Waals surface area contributed by atoms with Gasteiger partial charge in [0.05, 0.1) is 0 Å². The molecule has 0 atom stereocenters. The van der Waals surface area contributed by atoms with Gasteiger partial charge in [-0.3, -0.25) is 4.79 Å². The second kappa shape index (κ2) is 7.29. The lowest BCUT2D eigenvalue weighted by Crippen LogP contribution is -2.20. The van der Waals surface area contributed by atoms with E-state index in [0.717, 1.165) is 25.2 Å². The van der Waals surface area contributed by atoms with Crippen LogP contribution in [0.5, 0.6) is 0 Å². The molecule has 2 N–H and O–H groups in total. The Labute approximate surface area is 115 Å². The second-order valence-corrected chi connectivity index (χ2v) is 5.42. The molecule has 104 valence electrons. The van der Waals surface area contributed by atoms with E-state index in [-0.39, 0.29) is 5.91 Å². The minimum absolute atomic E-state index is 0.154. The van der Waals surface area contributed by atoms with Gasteiger partial charge in [0.1, 0.15) is 0 Å². The van der Waals surface area contributed by atoms with Crippen molar-refractivity contribution in [2.45, 2.75) is 45.6 Å². The fraction of sp³-hybridized carbons (Fsp3) is 0.562. The van der Waals surface area contributed by atoms with E-state index in [0.29, 0.717) is 12.3 Å². The molecule has 1 saturated carbocycles. The van der Waals surface area contributed by atoms with E-state index in [1.165, 1.54) is 24.8 Å². The molecule has 0 radical (unpaired) electrons. The first-order valence-corrected chi connectivity index (χ1v) is 7.37. The van der Waals surface area contributed by atoms with Crippen LogP contribution in [0.25, 0.3) is 0 Å². The molecule has 1 aliphatic rings. The first-order chi connectivity index (χ1) is 9.28. The summed E-state index contributed by atoms with van der Waals surface area (Å²) in [6.45, 7) is 4.09. The van der Waals surface area contributed by atoms with Crippen LogP contribution in [-0.2, 0) is 11.3 Å². The molecule has 1 aromatic carbocycles. The van der Waals surface area contributed by atoms with Crippen molar-refractivity contribution in [2.24, 2.45) is 5.92 Å². The standard InChI is InChI=1S/C16H24N2O/c1-2-10-17-12-14-6-8-15(9-7-14)18-16(19)11-13-4-3-5-13/h6-9,13,17H,2-5,10-12H2,1H3,(H,18,19). The van der Waals surface area contributed by atoms with Crippen LogP contribution in [0.1, 0.15) is 44.6 Å². The van der Waals surface area contributed by atoms with E-state index in [2.05, 4.69) is 29.7 Å². The molecule has 19 heavy (non-hydrogen) atoms. The van der Waals surface area contributed by atoms with Crippen LogP contribution < -0.4 is 10.6 Å². The Morgan fingerprint density at radius 3 is 2.58 bits per heavy atom. The summed E-state index contributed by atoms with van der Waals surface area (Å²) < 4.78 is 0. The van der Waals surface area contributed by atoms with Crippen molar-refractivity contribution in [3.8, 4) is 0 Å². The van der Waals surface area contributed by atoms with Gasteiger partial charge in [-0.25, -0.2) is 0 Å². The van der Waals surface area contributed by atoms with Gasteiger partial charge < -0.3 is 10.6 Å². The molecule has 1 fully saturated rings. The van der Waals surface area contributed by atoms with Gasteiger partial charge >= 0.3 is 0 Å². The molecule has 0 spiro atoms. The van der Waals surface area contributed by atoms with Crippen molar-refractivity contribution < 1.29 is 4.79 Å². The van der Waals surface area contributed by atoms with Crippen molar-refractivity contribution >= 4 is 11.6 Å². The van der Waals surface area contributed by atoms with Gasteiger partial charge in [0.15, 0.2) is 0 Å². The van der Waals surface area contributed by atoms with Gasteiger partial charge in [-0.05, 0) is 49.4 Å². The highest BCUT2D eigenvalue weighted by atomic mass is 16.1. The first-order valence-electron chi connectivity index (χ1n) is 7.37. The summed E-state index contributed by atoms with van der Waals surface area (Å²) in [4.78, 5) is 11.8. The van der Waals surface area contributed by atoms with E-state index in [9.17, 15) is 4.79 Å². The Kier molecular flexibility index (Phi) is 5.40. The van der Waals surface area contributed by atoms with Gasteiger partial charge in [-0.1, -0.05) is 25.5 Å². The number of carbonyl (C=O) groups excluding carboxylic acids is 1. The van der Waals surface area contributed by atoms with Crippen molar-refractivity contribution in [3.63, 3.8) is 0 Å². The third-order valence-corrected chi connectivity index (χ3v) is 3.69. The van der Waals surface area contributed by atoms with Crippen molar-refractivity contribution in [1.82, 2.24) is 5.32 Å². The number of anilines is 1. The molecule has 1 amide bonds. The van der Waals surface area contributed by atoms with Crippen LogP contribution in [-0.4, -0.2) is 12.5 Å². The summed E-state index contributed by atoms with van der Waals surface area (Å²) in [6.07, 6.45) is 5.55. The summed E-state index contributed by atoms with van der Waals surface area (Å²) in [5.41, 5.74) is 2.16. The molecule has 1 aromatic rings. The first kappa shape index (κ1) is 14.1. The highest BCUT2D eigenvalue weighted by Crippen LogP contribution is 2.29. The Morgan fingerprint density at radius 2 is 2.00 bits per heavy atom. The molecule has 0 unspecified atom stereocenters. The lowest BCUT2D eigenvalue weighted by Gasteiger charge is -2.24. The van der Waals surface area contributed by atoms with E-state index in [1.807, 2.05) is 12.1 Å². The van der Waals surface area contributed by atoms with Crippen molar-refractivity contribution in [3.05, 3.63) is 29.8 Å². The lowest BCUT2D eigenvalue weighted by molar-refractivity contribution is -0.117. The number of rotatable bonds is 7. The number of nitrogens with one attached hydrogen (secondary N) is 2. The molecule has 0 aromatic heterocycles. The molecule has 0 heterocycles. The Bertz CT molecular complexity index is 396. The molecular weight excluding hydrogens is 236 g/mol. The SMILES string of the molecule is CCCNCc1ccc(NC(=O)CC2CCC2)cc1. The highest BCUT2D eigenvalue weighted by Gasteiger charge is 2.20. The monoisotopic (exact) mass is 260 g/mol. The zero-order valence-electron chi connectivity index (χ0n) is 11.7. The lowest BCUT2D eigenvalue weighted by atomic mass is 9.83. The largest absolute Gasteiger partial charge is 0.326 e. The number of carbonyl (C=O) groups is 1. The molecule has 1 aliphatic carbocycles. The summed E-state index contributed by atoms with van der Waals surface area (Å²) >= 11 is 0. The quantitative estimate of drug-likeness (QED) is 0.738. The summed E-state index contributed by atoms with van der Waals surface area (Å²) in [6, 6.07) is 8.12. The molecule has 2 rings (SSSR count). The maximum atomic E-state index is 11.8. The normalized spacial score (nSPS) is 15.0. The van der Waals surface area contributed by atoms with Crippen LogP contribution >= 0.6 is 0 Å². The maximum Gasteiger partial charge on any atom is 0.224 e. The van der Waals surface area contributed by atoms with Gasteiger partial charge in [0, 0.05) is 18.7 Å². The number of hydrogen-bond acceptors (Lipinski definition) is 2. The van der Waals surface area contributed by atoms with E-state index in [1.54, 1.807) is 0 Å². The van der Waals surface area contributed by atoms with Gasteiger partial charge in [-0.2, -0.15) is 0 Å². The van der Waals surface area contributed by atoms with Crippen LogP contribution in [0, 0.1) is 5.92 Å². The minimum atomic E-state index is 0.154. The number of benzene rings is 1. The van der Waals surface area contributed by atoms with Gasteiger partial charge in [0.25, 0.3) is 0 Å². The minimum Gasteiger partial charge on any atom is -0.326 e. The molecule has 0 bridgehead atoms. The Morgan fingerprint density at radius 1 is 1.26 bits per heavy atom. The van der Waals surface area contributed by atoms with Crippen molar-refractivity contribution in [1.29, 1.82) is 0 Å². The summed E-state index contributed by atoms with van der Waals surface area (Å²) in [5, 5.41) is 6.34. The van der Waals surface area contributed by atoms with E-state index in [4.69, 9.17) is 0 Å². The van der Waals surface area contributed by atoms with Gasteiger partial charge in [0.2, 0.25) is 5.91 Å². The summed E-state index contributed by atoms with van der Waals surface area (Å²) in [5.74, 6) is 0.777. The number of hydrogen-bond donors (Lipinski definition) is 2. The Hall–Kier alpha value is -1.35. The van der Waals surface area contributed by atoms with Gasteiger partial charge in [-0.15, -0.1) is 0 Å². The second-order valence-electron chi connectivity index (χ2n) is 5.42. The highest BCUT2D eigenvalue weighted by molar-refractivity contribution is 5.90. The predicted octanol–water partition coefficient (Wildman–Crippen LogP) is 3.31. The molecule has 3 nitrogen and oxygen atoms in total. The average molecular weight is 260 g/mol. The average Bonchev–Trinajstić information content (AvgIpc) is 2.36. The Balaban J connectivity index is 1.75. The van der Waals surface area contributed by atoms with Crippen LogP contribution in [0.15, 0.2) is 24.3 Å². The molecule has 3 heteroatoms. The third kappa shape index (κ3) is 4.67. The zero-order chi connectivity index (χ0) is 13.5. The fourth-order valence-electron chi connectivity index (χ4n) is 2.29. The van der Waals surface area contributed by atoms with Crippen LogP contribution in [0.4, 0.5) is 5.69 Å². The summed E-state index contributed by atoms with van der Waals surface area (Å²) in [7, 11) is 0. The molecule has 0 aliphatic heterocycles. The fourth-order valence-corrected chi connectivity index (χ4v) is 2.29.